The monoisotopic (exact) mass is 172 g/mol. The average molecular weight is 172 g/mol. The third-order valence-electron chi connectivity index (χ3n) is 2.24. The molecule has 0 fully saturated rings. The van der Waals surface area contributed by atoms with E-state index < -0.39 is 0 Å². The number of hydrogen-bond donors (Lipinski definition) is 0. The van der Waals surface area contributed by atoms with E-state index in [1.54, 1.807) is 6.20 Å². The zero-order valence-electron chi connectivity index (χ0n) is 7.86. The summed E-state index contributed by atoms with van der Waals surface area (Å²) >= 11 is 0. The number of nitrogens with zero attached hydrogens (tertiary/aromatic N) is 2. The van der Waals surface area contributed by atoms with E-state index in [2.05, 4.69) is 23.0 Å². The van der Waals surface area contributed by atoms with Crippen LogP contribution in [0.4, 0.5) is 0 Å². The van der Waals surface area contributed by atoms with Gasteiger partial charge in [-0.25, -0.2) is 0 Å². The first-order chi connectivity index (χ1) is 6.21. The maximum atomic E-state index is 4.53. The first kappa shape index (κ1) is 8.17. The maximum Gasteiger partial charge on any atom is 0.118 e. The molecule has 0 radical (unpaired) electrons. The molecule has 1 aliphatic rings. The Kier molecular flexibility index (Phi) is 1.76. The van der Waals surface area contributed by atoms with Crippen molar-refractivity contribution in [2.75, 3.05) is 0 Å². The smallest absolute Gasteiger partial charge is 0.118 e. The summed E-state index contributed by atoms with van der Waals surface area (Å²) in [6.07, 6.45) is 5.93. The van der Waals surface area contributed by atoms with Crippen molar-refractivity contribution in [2.24, 2.45) is 4.99 Å². The van der Waals surface area contributed by atoms with Gasteiger partial charge in [-0.3, -0.25) is 9.98 Å². The lowest BCUT2D eigenvalue weighted by molar-refractivity contribution is 0.621. The lowest BCUT2D eigenvalue weighted by Crippen LogP contribution is -2.15. The molecule has 1 aromatic rings. The molecular weight excluding hydrogens is 160 g/mol. The van der Waals surface area contributed by atoms with Gasteiger partial charge >= 0.3 is 0 Å². The van der Waals surface area contributed by atoms with Gasteiger partial charge in [0.05, 0.1) is 5.69 Å². The highest BCUT2D eigenvalue weighted by Crippen LogP contribution is 2.28. The van der Waals surface area contributed by atoms with Crippen molar-refractivity contribution in [1.29, 1.82) is 0 Å². The third-order valence-corrected chi connectivity index (χ3v) is 2.24. The van der Waals surface area contributed by atoms with Crippen LogP contribution in [0, 0.1) is 0 Å². The molecule has 1 atom stereocenters. The van der Waals surface area contributed by atoms with Crippen molar-refractivity contribution in [2.45, 2.75) is 19.4 Å². The summed E-state index contributed by atoms with van der Waals surface area (Å²) in [5.74, 6) is 0. The second kappa shape index (κ2) is 2.80. The molecule has 0 spiro atoms. The lowest BCUT2D eigenvalue weighted by atomic mass is 9.99. The van der Waals surface area contributed by atoms with Gasteiger partial charge < -0.3 is 0 Å². The Morgan fingerprint density at radius 1 is 1.31 bits per heavy atom. The fraction of sp³-hybridized carbons (Fsp3) is 0.273. The first-order valence-electron chi connectivity index (χ1n) is 4.38. The van der Waals surface area contributed by atoms with Crippen LogP contribution < -0.4 is 0 Å². The largest absolute Gasteiger partial charge is 0.273 e. The molecule has 1 aliphatic heterocycles. The zero-order chi connectivity index (χ0) is 9.31. The van der Waals surface area contributed by atoms with Crippen LogP contribution in [0.15, 0.2) is 41.5 Å². The Morgan fingerprint density at radius 2 is 2.15 bits per heavy atom. The molecule has 2 rings (SSSR count). The molecule has 0 aromatic carbocycles. The van der Waals surface area contributed by atoms with Crippen molar-refractivity contribution in [3.63, 3.8) is 0 Å². The fourth-order valence-corrected chi connectivity index (χ4v) is 1.53. The van der Waals surface area contributed by atoms with Crippen LogP contribution in [0.2, 0.25) is 0 Å². The summed E-state index contributed by atoms with van der Waals surface area (Å²) in [5.41, 5.74) is 1.82. The second-order valence-electron chi connectivity index (χ2n) is 3.45. The third kappa shape index (κ3) is 1.39. The van der Waals surface area contributed by atoms with Crippen LogP contribution in [0.3, 0.4) is 0 Å². The van der Waals surface area contributed by atoms with Gasteiger partial charge in [-0.15, -0.1) is 0 Å². The summed E-state index contributed by atoms with van der Waals surface area (Å²) in [4.78, 5) is 8.84. The van der Waals surface area contributed by atoms with Crippen LogP contribution in [-0.4, -0.2) is 10.7 Å². The van der Waals surface area contributed by atoms with Crippen molar-refractivity contribution < 1.29 is 0 Å². The highest BCUT2D eigenvalue weighted by Gasteiger charge is 2.26. The van der Waals surface area contributed by atoms with E-state index in [-0.39, 0.29) is 5.54 Å². The van der Waals surface area contributed by atoms with Gasteiger partial charge in [0.1, 0.15) is 5.54 Å². The number of aliphatic imine (C=N–C) groups is 1. The number of hydrogen-bond acceptors (Lipinski definition) is 2. The Hall–Kier alpha value is -1.44. The van der Waals surface area contributed by atoms with E-state index in [9.17, 15) is 0 Å². The van der Waals surface area contributed by atoms with Crippen LogP contribution in [0.25, 0.3) is 0 Å². The molecule has 0 amide bonds. The summed E-state index contributed by atoms with van der Waals surface area (Å²) in [6, 6.07) is 5.92. The maximum absolute atomic E-state index is 4.53. The van der Waals surface area contributed by atoms with E-state index >= 15 is 0 Å². The zero-order valence-corrected chi connectivity index (χ0v) is 7.86. The summed E-state index contributed by atoms with van der Waals surface area (Å²) in [6.45, 7) is 4.08. The molecule has 0 N–H and O–H groups in total. The van der Waals surface area contributed by atoms with Gasteiger partial charge in [-0.1, -0.05) is 6.07 Å². The quantitative estimate of drug-likeness (QED) is 0.638. The van der Waals surface area contributed by atoms with E-state index in [1.807, 2.05) is 31.2 Å². The van der Waals surface area contributed by atoms with Crippen molar-refractivity contribution in [3.05, 3.63) is 42.2 Å². The number of rotatable bonds is 1. The van der Waals surface area contributed by atoms with Crippen LogP contribution >= 0.6 is 0 Å². The van der Waals surface area contributed by atoms with Crippen molar-refractivity contribution >= 4 is 5.71 Å². The standard InChI is InChI=1S/C11H12N2/c1-9-6-7-11(2,13-9)10-5-3-4-8-12-10/h3-8H,1-2H3. The Balaban J connectivity index is 2.43. The minimum atomic E-state index is -0.245. The molecule has 0 saturated heterocycles. The highest BCUT2D eigenvalue weighted by molar-refractivity contribution is 5.95. The molecule has 0 saturated carbocycles. The molecule has 2 nitrogen and oxygen atoms in total. The topological polar surface area (TPSA) is 25.2 Å². The van der Waals surface area contributed by atoms with Gasteiger partial charge in [-0.05, 0) is 38.1 Å². The number of allylic oxidation sites excluding steroid dienone is 1. The van der Waals surface area contributed by atoms with E-state index in [0.717, 1.165) is 11.4 Å². The van der Waals surface area contributed by atoms with Crippen LogP contribution in [-0.2, 0) is 5.54 Å². The average Bonchev–Trinajstić information content (AvgIpc) is 2.49. The Labute approximate surface area is 78.0 Å². The highest BCUT2D eigenvalue weighted by atomic mass is 14.9. The summed E-state index contributed by atoms with van der Waals surface area (Å²) < 4.78 is 0. The van der Waals surface area contributed by atoms with Crippen molar-refractivity contribution in [1.82, 2.24) is 4.98 Å². The predicted molar refractivity (Wildman–Crippen MR) is 53.8 cm³/mol. The molecule has 0 bridgehead atoms. The molecule has 1 unspecified atom stereocenters. The fourth-order valence-electron chi connectivity index (χ4n) is 1.53. The molecule has 1 aromatic heterocycles. The minimum absolute atomic E-state index is 0.245. The van der Waals surface area contributed by atoms with Crippen LogP contribution in [0.1, 0.15) is 19.5 Å². The van der Waals surface area contributed by atoms with Crippen LogP contribution in [0.5, 0.6) is 0 Å². The normalized spacial score (nSPS) is 26.2. The summed E-state index contributed by atoms with van der Waals surface area (Å²) in [7, 11) is 0. The molecule has 0 aliphatic carbocycles. The SMILES string of the molecule is CC1=NC(C)(c2ccccn2)C=C1. The van der Waals surface area contributed by atoms with Gasteiger partial charge in [-0.2, -0.15) is 0 Å². The minimum Gasteiger partial charge on any atom is -0.273 e. The second-order valence-corrected chi connectivity index (χ2v) is 3.45. The van der Waals surface area contributed by atoms with E-state index in [4.69, 9.17) is 0 Å². The Bertz CT molecular complexity index is 365. The molecule has 2 heterocycles. The van der Waals surface area contributed by atoms with Gasteiger partial charge in [0.15, 0.2) is 0 Å². The van der Waals surface area contributed by atoms with Gasteiger partial charge in [0.2, 0.25) is 0 Å². The summed E-state index contributed by atoms with van der Waals surface area (Å²) in [5, 5.41) is 0. The van der Waals surface area contributed by atoms with Gasteiger partial charge in [0.25, 0.3) is 0 Å². The lowest BCUT2D eigenvalue weighted by Gasteiger charge is -2.17. The molecule has 13 heavy (non-hydrogen) atoms. The molecule has 2 heteroatoms. The molecule has 66 valence electrons. The van der Waals surface area contributed by atoms with E-state index in [1.165, 1.54) is 0 Å². The number of aromatic nitrogens is 1. The predicted octanol–water partition coefficient (Wildman–Crippen LogP) is 2.33. The Morgan fingerprint density at radius 3 is 2.69 bits per heavy atom. The van der Waals surface area contributed by atoms with Crippen molar-refractivity contribution in [3.8, 4) is 0 Å². The molecular formula is C11H12N2. The van der Waals surface area contributed by atoms with Gasteiger partial charge in [0, 0.05) is 11.9 Å². The van der Waals surface area contributed by atoms with E-state index in [0.29, 0.717) is 0 Å². The first-order valence-corrected chi connectivity index (χ1v) is 4.38. The number of pyridine rings is 1.